The topological polar surface area (TPSA) is 52.7 Å². The van der Waals surface area contributed by atoms with Gasteiger partial charge in [-0.05, 0) is 6.92 Å². The number of rotatable bonds is 4. The van der Waals surface area contributed by atoms with E-state index in [9.17, 15) is 4.79 Å². The minimum Gasteiger partial charge on any atom is -0.334 e. The van der Waals surface area contributed by atoms with E-state index in [0.717, 1.165) is 18.7 Å². The standard InChI is InChI=1S/C10H12N4O/c1-2-14-4-3-11-10(14)6-13-5-9(7-15)12-8-13/h3-5,7-8H,2,6H2,1H3. The molecular formula is C10H12N4O. The third-order valence-electron chi connectivity index (χ3n) is 2.24. The Bertz CT molecular complexity index is 457. The maximum atomic E-state index is 10.4. The number of carbonyl (C=O) groups is 1. The second-order valence-electron chi connectivity index (χ2n) is 3.22. The molecule has 0 saturated heterocycles. The Morgan fingerprint density at radius 2 is 2.33 bits per heavy atom. The Morgan fingerprint density at radius 3 is 3.00 bits per heavy atom. The van der Waals surface area contributed by atoms with Crippen LogP contribution in [0.1, 0.15) is 23.2 Å². The van der Waals surface area contributed by atoms with Crippen molar-refractivity contribution in [3.63, 3.8) is 0 Å². The van der Waals surface area contributed by atoms with Crippen molar-refractivity contribution in [2.45, 2.75) is 20.0 Å². The minimum atomic E-state index is 0.449. The van der Waals surface area contributed by atoms with Gasteiger partial charge in [-0.1, -0.05) is 0 Å². The molecule has 0 atom stereocenters. The van der Waals surface area contributed by atoms with Gasteiger partial charge in [0.2, 0.25) is 0 Å². The normalized spacial score (nSPS) is 10.5. The molecule has 2 rings (SSSR count). The summed E-state index contributed by atoms with van der Waals surface area (Å²) in [6.45, 7) is 3.60. The number of aryl methyl sites for hydroxylation is 1. The number of imidazole rings is 2. The molecule has 0 aliphatic rings. The van der Waals surface area contributed by atoms with Gasteiger partial charge in [0.25, 0.3) is 0 Å². The smallest absolute Gasteiger partial charge is 0.169 e. The zero-order chi connectivity index (χ0) is 10.7. The predicted molar refractivity (Wildman–Crippen MR) is 54.6 cm³/mol. The lowest BCUT2D eigenvalue weighted by Crippen LogP contribution is -2.05. The Balaban J connectivity index is 2.17. The van der Waals surface area contributed by atoms with Crippen molar-refractivity contribution in [2.24, 2.45) is 0 Å². The Morgan fingerprint density at radius 1 is 1.47 bits per heavy atom. The molecule has 0 fully saturated rings. The van der Waals surface area contributed by atoms with Gasteiger partial charge in [-0.25, -0.2) is 9.97 Å². The summed E-state index contributed by atoms with van der Waals surface area (Å²) in [7, 11) is 0. The molecule has 15 heavy (non-hydrogen) atoms. The van der Waals surface area contributed by atoms with E-state index in [4.69, 9.17) is 0 Å². The van der Waals surface area contributed by atoms with Gasteiger partial charge in [0.05, 0.1) is 12.9 Å². The second-order valence-corrected chi connectivity index (χ2v) is 3.22. The first kappa shape index (κ1) is 9.64. The first-order valence-electron chi connectivity index (χ1n) is 4.80. The van der Waals surface area contributed by atoms with E-state index in [2.05, 4.69) is 21.5 Å². The largest absolute Gasteiger partial charge is 0.334 e. The van der Waals surface area contributed by atoms with Gasteiger partial charge in [-0.15, -0.1) is 0 Å². The molecule has 0 radical (unpaired) electrons. The fraction of sp³-hybridized carbons (Fsp3) is 0.300. The molecule has 0 aliphatic heterocycles. The number of hydrogen-bond acceptors (Lipinski definition) is 3. The SMILES string of the molecule is CCn1ccnc1Cn1cnc(C=O)c1. The van der Waals surface area contributed by atoms with E-state index in [1.807, 2.05) is 10.8 Å². The number of nitrogens with zero attached hydrogens (tertiary/aromatic N) is 4. The first-order chi connectivity index (χ1) is 7.33. The second kappa shape index (κ2) is 4.08. The molecule has 78 valence electrons. The highest BCUT2D eigenvalue weighted by Gasteiger charge is 2.03. The Kier molecular flexibility index (Phi) is 2.62. The van der Waals surface area contributed by atoms with Crippen LogP contribution in [0.2, 0.25) is 0 Å². The Hall–Kier alpha value is -1.91. The highest BCUT2D eigenvalue weighted by Crippen LogP contribution is 2.02. The molecular weight excluding hydrogens is 192 g/mol. The van der Waals surface area contributed by atoms with Crippen LogP contribution in [-0.2, 0) is 13.1 Å². The molecule has 0 amide bonds. The van der Waals surface area contributed by atoms with Crippen molar-refractivity contribution in [2.75, 3.05) is 0 Å². The first-order valence-corrected chi connectivity index (χ1v) is 4.80. The van der Waals surface area contributed by atoms with E-state index in [1.165, 1.54) is 0 Å². The van der Waals surface area contributed by atoms with Crippen molar-refractivity contribution in [3.8, 4) is 0 Å². The third kappa shape index (κ3) is 1.96. The van der Waals surface area contributed by atoms with E-state index in [1.54, 1.807) is 18.7 Å². The van der Waals surface area contributed by atoms with Crippen LogP contribution in [0.3, 0.4) is 0 Å². The molecule has 0 unspecified atom stereocenters. The summed E-state index contributed by atoms with van der Waals surface area (Å²) in [6, 6.07) is 0. The van der Waals surface area contributed by atoms with E-state index < -0.39 is 0 Å². The van der Waals surface area contributed by atoms with Crippen LogP contribution in [-0.4, -0.2) is 25.4 Å². The summed E-state index contributed by atoms with van der Waals surface area (Å²) in [5, 5.41) is 0. The zero-order valence-corrected chi connectivity index (χ0v) is 8.50. The van der Waals surface area contributed by atoms with Crippen LogP contribution in [0.25, 0.3) is 0 Å². The van der Waals surface area contributed by atoms with Crippen LogP contribution in [0.15, 0.2) is 24.9 Å². The van der Waals surface area contributed by atoms with Crippen molar-refractivity contribution in [1.29, 1.82) is 0 Å². The van der Waals surface area contributed by atoms with E-state index in [0.29, 0.717) is 12.2 Å². The number of carbonyl (C=O) groups excluding carboxylic acids is 1. The molecule has 5 nitrogen and oxygen atoms in total. The maximum absolute atomic E-state index is 10.4. The molecule has 2 aromatic heterocycles. The van der Waals surface area contributed by atoms with Gasteiger partial charge in [0.15, 0.2) is 6.29 Å². The van der Waals surface area contributed by atoms with Gasteiger partial charge in [-0.3, -0.25) is 4.79 Å². The maximum Gasteiger partial charge on any atom is 0.169 e. The minimum absolute atomic E-state index is 0.449. The summed E-state index contributed by atoms with van der Waals surface area (Å²) in [5.41, 5.74) is 0.449. The highest BCUT2D eigenvalue weighted by atomic mass is 16.1. The molecule has 2 aromatic rings. The van der Waals surface area contributed by atoms with Crippen LogP contribution < -0.4 is 0 Å². The molecule has 0 aromatic carbocycles. The summed E-state index contributed by atoms with van der Waals surface area (Å²) in [5.74, 6) is 0.965. The lowest BCUT2D eigenvalue weighted by molar-refractivity contribution is 0.111. The fourth-order valence-electron chi connectivity index (χ4n) is 1.47. The van der Waals surface area contributed by atoms with Crippen LogP contribution in [0.4, 0.5) is 0 Å². The summed E-state index contributed by atoms with van der Waals surface area (Å²) in [6.07, 6.45) is 7.80. The highest BCUT2D eigenvalue weighted by molar-refractivity contribution is 5.70. The molecule has 0 spiro atoms. The summed E-state index contributed by atoms with van der Waals surface area (Å²) in [4.78, 5) is 18.6. The van der Waals surface area contributed by atoms with Crippen molar-refractivity contribution >= 4 is 6.29 Å². The average Bonchev–Trinajstić information content (AvgIpc) is 2.87. The quantitative estimate of drug-likeness (QED) is 0.697. The number of aldehydes is 1. The van der Waals surface area contributed by atoms with Gasteiger partial charge in [0, 0.05) is 25.1 Å². The fourth-order valence-corrected chi connectivity index (χ4v) is 1.47. The van der Waals surface area contributed by atoms with Crippen LogP contribution >= 0.6 is 0 Å². The van der Waals surface area contributed by atoms with Gasteiger partial charge < -0.3 is 9.13 Å². The van der Waals surface area contributed by atoms with E-state index >= 15 is 0 Å². The molecule has 5 heteroatoms. The summed E-state index contributed by atoms with van der Waals surface area (Å²) >= 11 is 0. The summed E-state index contributed by atoms with van der Waals surface area (Å²) < 4.78 is 3.90. The van der Waals surface area contributed by atoms with Crippen molar-refractivity contribution in [1.82, 2.24) is 19.1 Å². The van der Waals surface area contributed by atoms with Gasteiger partial charge >= 0.3 is 0 Å². The molecule has 2 heterocycles. The van der Waals surface area contributed by atoms with Gasteiger partial charge in [0.1, 0.15) is 11.5 Å². The Labute approximate surface area is 87.4 Å². The zero-order valence-electron chi connectivity index (χ0n) is 8.50. The lowest BCUT2D eigenvalue weighted by Gasteiger charge is -2.04. The van der Waals surface area contributed by atoms with Crippen molar-refractivity contribution < 1.29 is 4.79 Å². The van der Waals surface area contributed by atoms with Gasteiger partial charge in [-0.2, -0.15) is 0 Å². The average molecular weight is 204 g/mol. The molecule has 0 N–H and O–H groups in total. The molecule has 0 saturated carbocycles. The number of hydrogen-bond donors (Lipinski definition) is 0. The van der Waals surface area contributed by atoms with Crippen LogP contribution in [0.5, 0.6) is 0 Å². The number of aromatic nitrogens is 4. The van der Waals surface area contributed by atoms with E-state index in [-0.39, 0.29) is 0 Å². The predicted octanol–water partition coefficient (Wildman–Crippen LogP) is 0.960. The molecule has 0 aliphatic carbocycles. The van der Waals surface area contributed by atoms with Crippen LogP contribution in [0, 0.1) is 0 Å². The third-order valence-corrected chi connectivity index (χ3v) is 2.24. The van der Waals surface area contributed by atoms with Crippen molar-refractivity contribution in [3.05, 3.63) is 36.4 Å². The molecule has 0 bridgehead atoms. The lowest BCUT2D eigenvalue weighted by atomic mass is 10.5. The monoisotopic (exact) mass is 204 g/mol.